The highest BCUT2D eigenvalue weighted by Gasteiger charge is 2.21. The standard InChI is InChI=1S/C13H18N4O/c1-8-10(7-16(2)3)12-14-11-6-4-5-9(11)13(18)17(12)15-8/h15H,4-7H2,1-3H3. The quantitative estimate of drug-likeness (QED) is 0.856. The predicted octanol–water partition coefficient (Wildman–Crippen LogP) is 0.881. The molecule has 0 atom stereocenters. The van der Waals surface area contributed by atoms with Gasteiger partial charge in [0, 0.05) is 23.4 Å². The van der Waals surface area contributed by atoms with E-state index in [9.17, 15) is 4.79 Å². The molecule has 2 aromatic heterocycles. The fourth-order valence-corrected chi connectivity index (χ4v) is 2.71. The summed E-state index contributed by atoms with van der Waals surface area (Å²) in [5.74, 6) is 0. The largest absolute Gasteiger partial charge is 0.305 e. The Morgan fingerprint density at radius 3 is 2.89 bits per heavy atom. The van der Waals surface area contributed by atoms with Crippen molar-refractivity contribution in [3.05, 3.63) is 32.9 Å². The third kappa shape index (κ3) is 1.58. The number of nitrogens with one attached hydrogen (secondary N) is 1. The highest BCUT2D eigenvalue weighted by molar-refractivity contribution is 5.51. The smallest absolute Gasteiger partial charge is 0.276 e. The Morgan fingerprint density at radius 1 is 1.39 bits per heavy atom. The van der Waals surface area contributed by atoms with Crippen LogP contribution in [0.3, 0.4) is 0 Å². The molecule has 0 fully saturated rings. The van der Waals surface area contributed by atoms with E-state index in [1.54, 1.807) is 4.52 Å². The van der Waals surface area contributed by atoms with E-state index in [1.165, 1.54) is 0 Å². The van der Waals surface area contributed by atoms with E-state index < -0.39 is 0 Å². The molecule has 0 spiro atoms. The maximum absolute atomic E-state index is 12.3. The fraction of sp³-hybridized carbons (Fsp3) is 0.538. The van der Waals surface area contributed by atoms with Crippen LogP contribution in [0.4, 0.5) is 0 Å². The van der Waals surface area contributed by atoms with Gasteiger partial charge in [0.15, 0.2) is 5.65 Å². The van der Waals surface area contributed by atoms with Gasteiger partial charge in [-0.15, -0.1) is 0 Å². The van der Waals surface area contributed by atoms with Crippen molar-refractivity contribution in [2.45, 2.75) is 32.7 Å². The van der Waals surface area contributed by atoms with E-state index in [-0.39, 0.29) is 5.56 Å². The molecule has 5 heteroatoms. The van der Waals surface area contributed by atoms with Crippen LogP contribution in [0.2, 0.25) is 0 Å². The molecule has 96 valence electrons. The Labute approximate surface area is 105 Å². The molecular formula is C13H18N4O. The number of nitrogens with zero attached hydrogens (tertiary/aromatic N) is 3. The van der Waals surface area contributed by atoms with Crippen LogP contribution in [0.5, 0.6) is 0 Å². The van der Waals surface area contributed by atoms with Crippen molar-refractivity contribution in [1.29, 1.82) is 0 Å². The summed E-state index contributed by atoms with van der Waals surface area (Å²) in [5.41, 5.74) is 4.92. The molecule has 5 nitrogen and oxygen atoms in total. The van der Waals surface area contributed by atoms with Crippen molar-refractivity contribution in [3.63, 3.8) is 0 Å². The van der Waals surface area contributed by atoms with Crippen molar-refractivity contribution < 1.29 is 0 Å². The van der Waals surface area contributed by atoms with Crippen molar-refractivity contribution in [3.8, 4) is 0 Å². The van der Waals surface area contributed by atoms with Crippen LogP contribution < -0.4 is 5.56 Å². The topological polar surface area (TPSA) is 53.4 Å². The summed E-state index contributed by atoms with van der Waals surface area (Å²) in [6.07, 6.45) is 2.85. The zero-order valence-corrected chi connectivity index (χ0v) is 11.1. The summed E-state index contributed by atoms with van der Waals surface area (Å²) in [6, 6.07) is 0. The number of aromatic amines is 1. The Bertz CT molecular complexity index is 666. The van der Waals surface area contributed by atoms with Gasteiger partial charge in [-0.05, 0) is 40.3 Å². The maximum Gasteiger partial charge on any atom is 0.276 e. The number of H-pyrrole nitrogens is 1. The van der Waals surface area contributed by atoms with Gasteiger partial charge in [0.2, 0.25) is 0 Å². The summed E-state index contributed by atoms with van der Waals surface area (Å²) in [6.45, 7) is 2.79. The van der Waals surface area contributed by atoms with Gasteiger partial charge in [-0.2, -0.15) is 0 Å². The first kappa shape index (κ1) is 11.5. The molecule has 0 unspecified atom stereocenters. The van der Waals surface area contributed by atoms with E-state index >= 15 is 0 Å². The monoisotopic (exact) mass is 246 g/mol. The molecule has 0 amide bonds. The Morgan fingerprint density at radius 2 is 2.17 bits per heavy atom. The highest BCUT2D eigenvalue weighted by Crippen LogP contribution is 2.20. The third-order valence-electron chi connectivity index (χ3n) is 3.58. The lowest BCUT2D eigenvalue weighted by molar-refractivity contribution is 0.402. The van der Waals surface area contributed by atoms with Gasteiger partial charge in [-0.1, -0.05) is 0 Å². The molecule has 0 radical (unpaired) electrons. The van der Waals surface area contributed by atoms with Crippen LogP contribution in [-0.4, -0.2) is 33.6 Å². The van der Waals surface area contributed by atoms with E-state index in [1.807, 2.05) is 21.0 Å². The summed E-state index contributed by atoms with van der Waals surface area (Å²) in [5, 5.41) is 3.15. The zero-order chi connectivity index (χ0) is 12.9. The lowest BCUT2D eigenvalue weighted by atomic mass is 10.2. The second-order valence-corrected chi connectivity index (χ2v) is 5.31. The van der Waals surface area contributed by atoms with Crippen LogP contribution in [0.15, 0.2) is 4.79 Å². The first-order valence-electron chi connectivity index (χ1n) is 6.34. The minimum absolute atomic E-state index is 0.0839. The van der Waals surface area contributed by atoms with E-state index in [2.05, 4.69) is 10.00 Å². The van der Waals surface area contributed by atoms with Gasteiger partial charge in [-0.25, -0.2) is 9.50 Å². The molecular weight excluding hydrogens is 228 g/mol. The average molecular weight is 246 g/mol. The summed E-state index contributed by atoms with van der Waals surface area (Å²) < 4.78 is 1.61. The summed E-state index contributed by atoms with van der Waals surface area (Å²) in [7, 11) is 4.04. The van der Waals surface area contributed by atoms with E-state index in [4.69, 9.17) is 4.98 Å². The van der Waals surface area contributed by atoms with Gasteiger partial charge in [0.1, 0.15) is 0 Å². The number of fused-ring (bicyclic) bond motifs is 2. The van der Waals surface area contributed by atoms with Gasteiger partial charge in [-0.3, -0.25) is 9.89 Å². The molecule has 2 heterocycles. The SMILES string of the molecule is Cc1[nH]n2c(=O)c3c(nc2c1CN(C)C)CCC3. The van der Waals surface area contributed by atoms with E-state index in [0.29, 0.717) is 0 Å². The van der Waals surface area contributed by atoms with Gasteiger partial charge in [0.25, 0.3) is 5.56 Å². The van der Waals surface area contributed by atoms with Crippen LogP contribution in [0.25, 0.3) is 5.65 Å². The number of aryl methyl sites for hydroxylation is 2. The maximum atomic E-state index is 12.3. The normalized spacial score (nSPS) is 14.7. The Balaban J connectivity index is 2.29. The first-order chi connectivity index (χ1) is 8.58. The molecule has 1 aliphatic carbocycles. The second-order valence-electron chi connectivity index (χ2n) is 5.31. The molecule has 0 saturated heterocycles. The number of aromatic nitrogens is 3. The fourth-order valence-electron chi connectivity index (χ4n) is 2.71. The molecule has 1 N–H and O–H groups in total. The third-order valence-corrected chi connectivity index (χ3v) is 3.58. The lowest BCUT2D eigenvalue weighted by Crippen LogP contribution is -2.20. The van der Waals surface area contributed by atoms with Crippen LogP contribution in [-0.2, 0) is 19.4 Å². The van der Waals surface area contributed by atoms with E-state index in [0.717, 1.165) is 54.0 Å². The summed E-state index contributed by atoms with van der Waals surface area (Å²) in [4.78, 5) is 19.1. The molecule has 0 saturated carbocycles. The first-order valence-corrected chi connectivity index (χ1v) is 6.34. The van der Waals surface area contributed by atoms with Crippen LogP contribution in [0.1, 0.15) is 28.9 Å². The lowest BCUT2D eigenvalue weighted by Gasteiger charge is -2.08. The minimum atomic E-state index is 0.0839. The molecule has 2 aromatic rings. The highest BCUT2D eigenvalue weighted by atomic mass is 16.1. The number of rotatable bonds is 2. The Hall–Kier alpha value is -1.62. The van der Waals surface area contributed by atoms with Crippen molar-refractivity contribution in [2.24, 2.45) is 0 Å². The molecule has 18 heavy (non-hydrogen) atoms. The molecule has 0 aliphatic heterocycles. The van der Waals surface area contributed by atoms with Crippen molar-refractivity contribution in [1.82, 2.24) is 19.5 Å². The number of hydrogen-bond acceptors (Lipinski definition) is 3. The van der Waals surface area contributed by atoms with Gasteiger partial charge >= 0.3 is 0 Å². The molecule has 3 rings (SSSR count). The minimum Gasteiger partial charge on any atom is -0.305 e. The number of hydrogen-bond donors (Lipinski definition) is 1. The molecule has 1 aliphatic rings. The second kappa shape index (κ2) is 3.95. The van der Waals surface area contributed by atoms with Crippen LogP contribution in [0, 0.1) is 6.92 Å². The molecule has 0 bridgehead atoms. The predicted molar refractivity (Wildman–Crippen MR) is 70.0 cm³/mol. The van der Waals surface area contributed by atoms with Crippen molar-refractivity contribution in [2.75, 3.05) is 14.1 Å². The zero-order valence-electron chi connectivity index (χ0n) is 11.1. The van der Waals surface area contributed by atoms with Crippen LogP contribution >= 0.6 is 0 Å². The average Bonchev–Trinajstić information content (AvgIpc) is 2.87. The van der Waals surface area contributed by atoms with Gasteiger partial charge < -0.3 is 4.90 Å². The molecule has 0 aromatic carbocycles. The Kier molecular flexibility index (Phi) is 2.52. The van der Waals surface area contributed by atoms with Gasteiger partial charge in [0.05, 0.1) is 5.69 Å². The summed E-state index contributed by atoms with van der Waals surface area (Å²) >= 11 is 0. The van der Waals surface area contributed by atoms with Crippen molar-refractivity contribution >= 4 is 5.65 Å².